The fourth-order valence-electron chi connectivity index (χ4n) is 5.51. The van der Waals surface area contributed by atoms with Crippen LogP contribution in [-0.4, -0.2) is 34.9 Å². The maximum absolute atomic E-state index is 12.2. The van der Waals surface area contributed by atoms with Crippen molar-refractivity contribution < 1.29 is 15.0 Å². The average Bonchev–Trinajstić information content (AvgIpc) is 3.20. The maximum Gasteiger partial charge on any atom is 0.220 e. The molecule has 2 atom stereocenters. The second-order valence-corrected chi connectivity index (χ2v) is 14.0. The number of carbonyl (C=O) groups is 1. The number of hydrogen-bond acceptors (Lipinski definition) is 3. The van der Waals surface area contributed by atoms with E-state index >= 15 is 0 Å². The number of amides is 1. The number of hydrogen-bond donors (Lipinski definition) is 3. The topological polar surface area (TPSA) is 69.6 Å². The van der Waals surface area contributed by atoms with Gasteiger partial charge in [-0.3, -0.25) is 4.79 Å². The largest absolute Gasteiger partial charge is 0.394 e. The van der Waals surface area contributed by atoms with Crippen LogP contribution in [0.3, 0.4) is 0 Å². The van der Waals surface area contributed by atoms with E-state index < -0.39 is 12.1 Å². The summed E-state index contributed by atoms with van der Waals surface area (Å²) >= 11 is 0. The van der Waals surface area contributed by atoms with Crippen molar-refractivity contribution in [1.82, 2.24) is 5.32 Å². The summed E-state index contributed by atoms with van der Waals surface area (Å²) in [5.74, 6) is -0.0761. The fraction of sp³-hybridized carbons (Fsp3) is 0.519. The van der Waals surface area contributed by atoms with Gasteiger partial charge in [-0.15, -0.1) is 0 Å². The molecular formula is C52H81NO3. The third kappa shape index (κ3) is 41.4. The van der Waals surface area contributed by atoms with Gasteiger partial charge in [0.25, 0.3) is 0 Å². The smallest absolute Gasteiger partial charge is 0.220 e. The summed E-state index contributed by atoms with van der Waals surface area (Å²) in [6.07, 6.45) is 74.2. The minimum absolute atomic E-state index is 0.0761. The van der Waals surface area contributed by atoms with E-state index in [0.717, 1.165) is 128 Å². The monoisotopic (exact) mass is 768 g/mol. The second kappa shape index (κ2) is 45.7. The Hall–Kier alpha value is -3.73. The highest BCUT2D eigenvalue weighted by atomic mass is 16.3. The van der Waals surface area contributed by atoms with Gasteiger partial charge in [0.1, 0.15) is 0 Å². The molecule has 0 aliphatic rings. The molecule has 56 heavy (non-hydrogen) atoms. The molecule has 0 fully saturated rings. The van der Waals surface area contributed by atoms with Crippen LogP contribution in [0.4, 0.5) is 0 Å². The third-order valence-corrected chi connectivity index (χ3v) is 8.87. The van der Waals surface area contributed by atoms with Gasteiger partial charge >= 0.3 is 0 Å². The first kappa shape index (κ1) is 52.3. The predicted octanol–water partition coefficient (Wildman–Crippen LogP) is 14.1. The van der Waals surface area contributed by atoms with Crippen LogP contribution in [0.2, 0.25) is 0 Å². The van der Waals surface area contributed by atoms with E-state index in [2.05, 4.69) is 165 Å². The molecule has 4 heteroatoms. The van der Waals surface area contributed by atoms with Crippen molar-refractivity contribution in [1.29, 1.82) is 0 Å². The number of unbranched alkanes of at least 4 members (excludes halogenated alkanes) is 6. The first-order valence-electron chi connectivity index (χ1n) is 22.0. The Kier molecular flexibility index (Phi) is 42.6. The van der Waals surface area contributed by atoms with Gasteiger partial charge in [-0.25, -0.2) is 0 Å². The number of rotatable bonds is 37. The lowest BCUT2D eigenvalue weighted by Crippen LogP contribution is -2.45. The number of allylic oxidation sites excluding steroid dienone is 24. The second-order valence-electron chi connectivity index (χ2n) is 14.0. The molecule has 1 amide bonds. The van der Waals surface area contributed by atoms with Crippen molar-refractivity contribution in [2.45, 2.75) is 167 Å². The predicted molar refractivity (Wildman–Crippen MR) is 248 cm³/mol. The zero-order valence-electron chi connectivity index (χ0n) is 35.6. The van der Waals surface area contributed by atoms with E-state index in [4.69, 9.17) is 0 Å². The molecule has 0 radical (unpaired) electrons. The summed E-state index contributed by atoms with van der Waals surface area (Å²) in [5.41, 5.74) is 0. The number of aliphatic hydroxyl groups excluding tert-OH is 2. The van der Waals surface area contributed by atoms with E-state index in [1.165, 1.54) is 0 Å². The molecule has 0 spiro atoms. The molecule has 4 nitrogen and oxygen atoms in total. The zero-order chi connectivity index (χ0) is 40.7. The molecule has 3 N–H and O–H groups in total. The molecule has 2 unspecified atom stereocenters. The van der Waals surface area contributed by atoms with Gasteiger partial charge < -0.3 is 15.5 Å². The lowest BCUT2D eigenvalue weighted by molar-refractivity contribution is -0.123. The van der Waals surface area contributed by atoms with Crippen LogP contribution in [0.5, 0.6) is 0 Å². The van der Waals surface area contributed by atoms with Crippen molar-refractivity contribution in [3.63, 3.8) is 0 Å². The number of nitrogens with one attached hydrogen (secondary N) is 1. The normalized spacial score (nSPS) is 14.4. The molecule has 0 saturated heterocycles. The summed E-state index contributed by atoms with van der Waals surface area (Å²) in [6, 6.07) is -0.555. The minimum atomic E-state index is -0.676. The Morgan fingerprint density at radius 3 is 1.12 bits per heavy atom. The van der Waals surface area contributed by atoms with Gasteiger partial charge in [-0.2, -0.15) is 0 Å². The highest BCUT2D eigenvalue weighted by molar-refractivity contribution is 5.76. The lowest BCUT2D eigenvalue weighted by atomic mass is 10.0. The zero-order valence-corrected chi connectivity index (χ0v) is 35.6. The molecule has 0 aromatic heterocycles. The third-order valence-electron chi connectivity index (χ3n) is 8.87. The van der Waals surface area contributed by atoms with Crippen LogP contribution in [0, 0.1) is 0 Å². The van der Waals surface area contributed by atoms with Crippen molar-refractivity contribution in [2.24, 2.45) is 0 Å². The van der Waals surface area contributed by atoms with E-state index in [-0.39, 0.29) is 12.5 Å². The first-order valence-corrected chi connectivity index (χ1v) is 22.0. The van der Waals surface area contributed by atoms with Gasteiger partial charge in [0, 0.05) is 6.42 Å². The highest BCUT2D eigenvalue weighted by Crippen LogP contribution is 2.10. The minimum Gasteiger partial charge on any atom is -0.394 e. The van der Waals surface area contributed by atoms with Crippen LogP contribution >= 0.6 is 0 Å². The van der Waals surface area contributed by atoms with E-state index in [0.29, 0.717) is 12.8 Å². The van der Waals surface area contributed by atoms with Crippen molar-refractivity contribution in [2.75, 3.05) is 6.61 Å². The van der Waals surface area contributed by atoms with Crippen LogP contribution in [0.15, 0.2) is 146 Å². The van der Waals surface area contributed by atoms with E-state index in [9.17, 15) is 15.0 Å². The van der Waals surface area contributed by atoms with Crippen LogP contribution < -0.4 is 5.32 Å². The Morgan fingerprint density at radius 2 is 0.786 bits per heavy atom. The Morgan fingerprint density at radius 1 is 0.446 bits per heavy atom. The molecule has 0 saturated carbocycles. The maximum atomic E-state index is 12.2. The van der Waals surface area contributed by atoms with Gasteiger partial charge in [0.2, 0.25) is 5.91 Å². The molecule has 0 bridgehead atoms. The van der Waals surface area contributed by atoms with Gasteiger partial charge in [-0.1, -0.05) is 192 Å². The van der Waals surface area contributed by atoms with Gasteiger partial charge in [0.05, 0.1) is 18.8 Å². The molecular weight excluding hydrogens is 687 g/mol. The summed E-state index contributed by atoms with van der Waals surface area (Å²) in [6.45, 7) is 4.06. The molecule has 0 aromatic rings. The Balaban J connectivity index is 3.68. The van der Waals surface area contributed by atoms with Gasteiger partial charge in [-0.05, 0) is 103 Å². The molecule has 0 rings (SSSR count). The number of aliphatic hydroxyl groups is 2. The highest BCUT2D eigenvalue weighted by Gasteiger charge is 2.19. The van der Waals surface area contributed by atoms with Crippen LogP contribution in [-0.2, 0) is 4.79 Å². The Bertz CT molecular complexity index is 1240. The Labute approximate surface area is 344 Å². The van der Waals surface area contributed by atoms with E-state index in [1.54, 1.807) is 0 Å². The van der Waals surface area contributed by atoms with Crippen LogP contribution in [0.25, 0.3) is 0 Å². The standard InChI is InChI=1S/C52H81NO3/c1-3-5-7-8-9-10-11-12-13-14-15-16-17-18-19-20-21-22-23-24-25-26-27-28-29-30-31-32-33-34-35-36-37-38-39-40-41-42-43-44-46-48-52(56)53-50(49-54)51(55)47-45-6-4-2/h5,7,9-10,12-13,15-16,18-19,21-22,24-25,27-28,30-31,33-34,36-37,39-40,50-51,54-55H,3-4,6,8,11,14,17,20,23,26,29,32,35,38,41-49H2,1-2H3,(H,53,56)/b7-5-,10-9-,13-12-,16-15-,19-18-,22-21-,25-24-,28-27-,31-30-,34-33-,37-36-,40-39-. The summed E-state index contributed by atoms with van der Waals surface area (Å²) in [5, 5.41) is 22.5. The van der Waals surface area contributed by atoms with E-state index in [1.807, 2.05) is 0 Å². The van der Waals surface area contributed by atoms with Crippen LogP contribution in [0.1, 0.15) is 155 Å². The summed E-state index contributed by atoms with van der Waals surface area (Å²) in [7, 11) is 0. The fourth-order valence-corrected chi connectivity index (χ4v) is 5.51. The summed E-state index contributed by atoms with van der Waals surface area (Å²) < 4.78 is 0. The van der Waals surface area contributed by atoms with Crippen molar-refractivity contribution >= 4 is 5.91 Å². The molecule has 0 heterocycles. The quantitative estimate of drug-likeness (QED) is 0.0435. The first-order chi connectivity index (χ1) is 27.7. The van der Waals surface area contributed by atoms with Crippen molar-refractivity contribution in [3.05, 3.63) is 146 Å². The summed E-state index contributed by atoms with van der Waals surface area (Å²) in [4.78, 5) is 12.2. The van der Waals surface area contributed by atoms with Crippen molar-refractivity contribution in [3.8, 4) is 0 Å². The lowest BCUT2D eigenvalue weighted by Gasteiger charge is -2.22. The number of carbonyl (C=O) groups excluding carboxylic acids is 1. The molecule has 0 aliphatic heterocycles. The average molecular weight is 768 g/mol. The molecule has 0 aliphatic carbocycles. The molecule has 0 aromatic carbocycles. The molecule has 312 valence electrons. The SMILES string of the molecule is CC/C=C\C/C=C\C/C=C\C/C=C\C/C=C\C/C=C\C/C=C\C/C=C\C/C=C\C/C=C\C/C=C\C/C=C\CCCCCCC(=O)NC(CO)C(O)CCCCC. The van der Waals surface area contributed by atoms with Gasteiger partial charge in [0.15, 0.2) is 0 Å².